The van der Waals surface area contributed by atoms with Crippen LogP contribution in [0.15, 0.2) is 36.4 Å². The molecule has 0 aliphatic heterocycles. The first-order valence-corrected chi connectivity index (χ1v) is 9.88. The van der Waals surface area contributed by atoms with Gasteiger partial charge in [0.25, 0.3) is 0 Å². The Morgan fingerprint density at radius 2 is 1.60 bits per heavy atom. The van der Waals surface area contributed by atoms with E-state index in [1.54, 1.807) is 0 Å². The van der Waals surface area contributed by atoms with Crippen molar-refractivity contribution in [2.45, 2.75) is 53.4 Å². The van der Waals surface area contributed by atoms with E-state index in [9.17, 15) is 4.79 Å². The third-order valence-corrected chi connectivity index (χ3v) is 5.79. The molecule has 0 aliphatic rings. The molecule has 134 valence electrons. The van der Waals surface area contributed by atoms with Crippen molar-refractivity contribution in [3.8, 4) is 5.75 Å². The largest absolute Gasteiger partial charge is 0.494 e. The number of hydrogen-bond acceptors (Lipinski definition) is 2. The number of aryl methyl sites for hydroxylation is 2. The topological polar surface area (TPSA) is 26.3 Å². The van der Waals surface area contributed by atoms with Crippen LogP contribution in [0, 0.1) is 13.8 Å². The van der Waals surface area contributed by atoms with Gasteiger partial charge in [0.1, 0.15) is 5.75 Å². The molecule has 1 unspecified atom stereocenters. The molecule has 0 amide bonds. The molecule has 0 saturated carbocycles. The fourth-order valence-corrected chi connectivity index (χ4v) is 3.81. The van der Waals surface area contributed by atoms with Crippen LogP contribution in [0.4, 0.5) is 0 Å². The molecule has 2 aromatic carbocycles. The van der Waals surface area contributed by atoms with Gasteiger partial charge < -0.3 is 4.74 Å². The van der Waals surface area contributed by atoms with Crippen molar-refractivity contribution in [2.75, 3.05) is 6.61 Å². The van der Waals surface area contributed by atoms with Crippen molar-refractivity contribution in [2.24, 2.45) is 0 Å². The summed E-state index contributed by atoms with van der Waals surface area (Å²) < 4.78 is 5.72. The van der Waals surface area contributed by atoms with Crippen LogP contribution in [-0.4, -0.2) is 12.1 Å². The zero-order chi connectivity index (χ0) is 18.6. The molecule has 0 spiro atoms. The van der Waals surface area contributed by atoms with Crippen molar-refractivity contribution in [1.82, 2.24) is 0 Å². The smallest absolute Gasteiger partial charge is 0.185 e. The van der Waals surface area contributed by atoms with Gasteiger partial charge >= 0.3 is 0 Å². The first-order chi connectivity index (χ1) is 11.7. The second kappa shape index (κ2) is 8.15. The van der Waals surface area contributed by atoms with Crippen LogP contribution in [0.1, 0.15) is 61.2 Å². The summed E-state index contributed by atoms with van der Waals surface area (Å²) in [4.78, 5) is 12.7. The zero-order valence-corrected chi connectivity index (χ0v) is 17.2. The number of ether oxygens (including phenoxy) is 1. The predicted molar refractivity (Wildman–Crippen MR) is 109 cm³/mol. The predicted octanol–water partition coefficient (Wildman–Crippen LogP) is 5.53. The Kier molecular flexibility index (Phi) is 6.41. The van der Waals surface area contributed by atoms with E-state index in [4.69, 9.17) is 4.74 Å². The Balaban J connectivity index is 2.17. The molecule has 0 bridgehead atoms. The molecule has 2 aromatic rings. The van der Waals surface area contributed by atoms with Crippen LogP contribution >= 0.6 is 8.58 Å². The van der Waals surface area contributed by atoms with E-state index in [-0.39, 0.29) is 19.5 Å². The summed E-state index contributed by atoms with van der Waals surface area (Å²) in [5, 5.41) is 1.13. The first-order valence-electron chi connectivity index (χ1n) is 8.88. The third-order valence-electron chi connectivity index (χ3n) is 4.23. The van der Waals surface area contributed by atoms with Gasteiger partial charge in [-0.3, -0.25) is 4.79 Å². The second-order valence-corrected chi connectivity index (χ2v) is 8.77. The summed E-state index contributed by atoms with van der Waals surface area (Å²) in [7, 11) is 0.141. The highest BCUT2D eigenvalue weighted by molar-refractivity contribution is 7.66. The minimum absolute atomic E-state index is 0.103. The quantitative estimate of drug-likeness (QED) is 0.636. The summed E-state index contributed by atoms with van der Waals surface area (Å²) in [5.41, 5.74) is 4.58. The molecular formula is C22H29O2P. The van der Waals surface area contributed by atoms with Gasteiger partial charge in [-0.25, -0.2) is 0 Å². The lowest BCUT2D eigenvalue weighted by molar-refractivity contribution is 0.108. The van der Waals surface area contributed by atoms with Gasteiger partial charge in [0.05, 0.1) is 6.61 Å². The molecule has 0 N–H and O–H groups in total. The Morgan fingerprint density at radius 3 is 2.08 bits per heavy atom. The molecule has 2 rings (SSSR count). The molecule has 25 heavy (non-hydrogen) atoms. The van der Waals surface area contributed by atoms with Gasteiger partial charge in [0, 0.05) is 5.56 Å². The van der Waals surface area contributed by atoms with E-state index in [1.165, 1.54) is 5.56 Å². The number of benzene rings is 2. The van der Waals surface area contributed by atoms with Crippen molar-refractivity contribution in [1.29, 1.82) is 0 Å². The van der Waals surface area contributed by atoms with E-state index in [1.807, 2.05) is 24.3 Å². The lowest BCUT2D eigenvalue weighted by Crippen LogP contribution is -2.12. The summed E-state index contributed by atoms with van der Waals surface area (Å²) in [6, 6.07) is 12.1. The molecular weight excluding hydrogens is 327 g/mol. The number of hydrogen-bond donors (Lipinski definition) is 0. The van der Waals surface area contributed by atoms with Crippen molar-refractivity contribution < 1.29 is 9.53 Å². The molecule has 0 radical (unpaired) electrons. The SMILES string of the molecule is CCCOc1cc(C)c(PC(=O)c2ccc(C(C)(C)C)cc2)c(C)c1. The zero-order valence-electron chi connectivity index (χ0n) is 16.2. The van der Waals surface area contributed by atoms with Crippen molar-refractivity contribution in [3.63, 3.8) is 0 Å². The average Bonchev–Trinajstić information content (AvgIpc) is 2.55. The van der Waals surface area contributed by atoms with Crippen molar-refractivity contribution in [3.05, 3.63) is 58.7 Å². The molecule has 0 fully saturated rings. The number of rotatable bonds is 6. The fourth-order valence-electron chi connectivity index (χ4n) is 2.73. The lowest BCUT2D eigenvalue weighted by Gasteiger charge is -2.19. The summed E-state index contributed by atoms with van der Waals surface area (Å²) in [6.45, 7) is 13.5. The highest BCUT2D eigenvalue weighted by atomic mass is 31.1. The number of carbonyl (C=O) groups is 1. The Bertz CT molecular complexity index is 717. The van der Waals surface area contributed by atoms with Gasteiger partial charge in [0.2, 0.25) is 0 Å². The second-order valence-electron chi connectivity index (χ2n) is 7.56. The summed E-state index contributed by atoms with van der Waals surface area (Å²) >= 11 is 0. The van der Waals surface area contributed by atoms with Gasteiger partial charge in [-0.05, 0) is 68.4 Å². The molecule has 0 aliphatic carbocycles. The van der Waals surface area contributed by atoms with E-state index in [2.05, 4.69) is 53.7 Å². The monoisotopic (exact) mass is 356 g/mol. The molecule has 3 heteroatoms. The van der Waals surface area contributed by atoms with Gasteiger partial charge in [-0.2, -0.15) is 0 Å². The summed E-state index contributed by atoms with van der Waals surface area (Å²) in [5.74, 6) is 0.896. The van der Waals surface area contributed by atoms with Gasteiger partial charge in [-0.15, -0.1) is 0 Å². The Labute approximate surface area is 153 Å². The molecule has 0 aromatic heterocycles. The lowest BCUT2D eigenvalue weighted by atomic mass is 9.87. The fraction of sp³-hybridized carbons (Fsp3) is 0.409. The highest BCUT2D eigenvalue weighted by Gasteiger charge is 2.16. The van der Waals surface area contributed by atoms with Crippen LogP contribution in [0.25, 0.3) is 0 Å². The minimum Gasteiger partial charge on any atom is -0.494 e. The molecule has 2 nitrogen and oxygen atoms in total. The normalized spacial score (nSPS) is 11.9. The van der Waals surface area contributed by atoms with Crippen LogP contribution in [-0.2, 0) is 5.41 Å². The maximum atomic E-state index is 12.7. The molecule has 0 heterocycles. The first kappa shape index (κ1) is 19.7. The standard InChI is InChI=1S/C22H29O2P/c1-7-12-24-19-13-15(2)20(16(3)14-19)25-21(23)17-8-10-18(11-9-17)22(4,5)6/h8-11,13-14,25H,7,12H2,1-6H3. The Morgan fingerprint density at radius 1 is 1.04 bits per heavy atom. The van der Waals surface area contributed by atoms with E-state index < -0.39 is 0 Å². The molecule has 0 saturated heterocycles. The number of carbonyl (C=O) groups excluding carboxylic acids is 1. The highest BCUT2D eigenvalue weighted by Crippen LogP contribution is 2.27. The summed E-state index contributed by atoms with van der Waals surface area (Å²) in [6.07, 6.45) is 0.991. The Hall–Kier alpha value is -1.66. The maximum absolute atomic E-state index is 12.7. The van der Waals surface area contributed by atoms with Crippen molar-refractivity contribution >= 4 is 19.4 Å². The average molecular weight is 356 g/mol. The van der Waals surface area contributed by atoms with E-state index >= 15 is 0 Å². The van der Waals surface area contributed by atoms with Gasteiger partial charge in [-0.1, -0.05) is 52.0 Å². The van der Waals surface area contributed by atoms with E-state index in [0.717, 1.165) is 40.8 Å². The van der Waals surface area contributed by atoms with Crippen LogP contribution in [0.3, 0.4) is 0 Å². The minimum atomic E-state index is 0.103. The van der Waals surface area contributed by atoms with Crippen LogP contribution < -0.4 is 10.0 Å². The van der Waals surface area contributed by atoms with Gasteiger partial charge in [0.15, 0.2) is 5.52 Å². The van der Waals surface area contributed by atoms with E-state index in [0.29, 0.717) is 0 Å². The maximum Gasteiger partial charge on any atom is 0.185 e. The third kappa shape index (κ3) is 5.16. The van der Waals surface area contributed by atoms with Crippen LogP contribution in [0.2, 0.25) is 0 Å². The van der Waals surface area contributed by atoms with Crippen LogP contribution in [0.5, 0.6) is 5.75 Å². The molecule has 1 atom stereocenters.